The maximum absolute atomic E-state index is 12.4. The molecule has 0 atom stereocenters. The molecule has 0 aliphatic carbocycles. The molecule has 2 heterocycles. The Hall–Kier alpha value is -2.43. The number of carboxylic acid groups (broad SMARTS) is 1. The lowest BCUT2D eigenvalue weighted by Crippen LogP contribution is -2.05. The van der Waals surface area contributed by atoms with Crippen LogP contribution in [0.4, 0.5) is 0 Å². The van der Waals surface area contributed by atoms with Crippen LogP contribution in [0.15, 0.2) is 28.8 Å². The minimum absolute atomic E-state index is 0.0858. The molecule has 0 saturated carbocycles. The molecule has 0 radical (unpaired) electrons. The number of aromatic nitrogens is 1. The van der Waals surface area contributed by atoms with Crippen molar-refractivity contribution < 1.29 is 19.1 Å². The maximum Gasteiger partial charge on any atom is 0.337 e. The van der Waals surface area contributed by atoms with Crippen LogP contribution in [0, 0.1) is 0 Å². The number of Topliss-reactive ketones (excluding diaryl/α,β-unsaturated/α-hetero) is 1. The lowest BCUT2D eigenvalue weighted by atomic mass is 9.98. The lowest BCUT2D eigenvalue weighted by Gasteiger charge is -2.07. The second-order valence-electron chi connectivity index (χ2n) is 6.18. The molecule has 0 amide bonds. The second-order valence-corrected chi connectivity index (χ2v) is 6.18. The van der Waals surface area contributed by atoms with Crippen molar-refractivity contribution in [2.45, 2.75) is 46.0 Å². The van der Waals surface area contributed by atoms with Crippen molar-refractivity contribution in [3.63, 3.8) is 0 Å². The normalized spacial score (nSPS) is 11.2. The predicted molar refractivity (Wildman–Crippen MR) is 86.1 cm³/mol. The van der Waals surface area contributed by atoms with Crippen LogP contribution in [0.1, 0.15) is 77.5 Å². The van der Waals surface area contributed by atoms with Gasteiger partial charge in [0.05, 0.1) is 12.0 Å². The van der Waals surface area contributed by atoms with Gasteiger partial charge in [0.15, 0.2) is 5.76 Å². The molecule has 23 heavy (non-hydrogen) atoms. The highest BCUT2D eigenvalue weighted by Crippen LogP contribution is 2.30. The van der Waals surface area contributed by atoms with Gasteiger partial charge >= 0.3 is 5.97 Å². The Labute approximate surface area is 135 Å². The number of hydrogen-bond acceptors (Lipinski definition) is 4. The van der Waals surface area contributed by atoms with Gasteiger partial charge in [0.1, 0.15) is 5.76 Å². The molecular formula is C18H21NO4. The third kappa shape index (κ3) is 3.86. The van der Waals surface area contributed by atoms with E-state index < -0.39 is 5.97 Å². The zero-order valence-corrected chi connectivity index (χ0v) is 13.8. The summed E-state index contributed by atoms with van der Waals surface area (Å²) in [6.45, 7) is 8.20. The van der Waals surface area contributed by atoms with Crippen molar-refractivity contribution in [1.82, 2.24) is 4.98 Å². The zero-order valence-electron chi connectivity index (χ0n) is 13.8. The average molecular weight is 315 g/mol. The molecule has 0 bridgehead atoms. The van der Waals surface area contributed by atoms with E-state index >= 15 is 0 Å². The van der Waals surface area contributed by atoms with Gasteiger partial charge in [0, 0.05) is 17.8 Å². The smallest absolute Gasteiger partial charge is 0.337 e. The first kappa shape index (κ1) is 16.9. The van der Waals surface area contributed by atoms with Gasteiger partial charge < -0.3 is 9.52 Å². The molecular weight excluding hydrogens is 294 g/mol. The van der Waals surface area contributed by atoms with Gasteiger partial charge in [-0.25, -0.2) is 4.79 Å². The standard InChI is InChI=1S/C18H21NO4/c1-10(2)14-8-16(23-17(14)11(3)4)15(20)7-13-6-5-12(9-19-13)18(21)22/h5-6,8-11H,7H2,1-4H3,(H,21,22). The van der Waals surface area contributed by atoms with Gasteiger partial charge in [-0.15, -0.1) is 0 Å². The Kier molecular flexibility index (Phi) is 4.98. The summed E-state index contributed by atoms with van der Waals surface area (Å²) in [6.07, 6.45) is 1.34. The molecule has 2 rings (SSSR count). The maximum atomic E-state index is 12.4. The van der Waals surface area contributed by atoms with Gasteiger partial charge in [-0.3, -0.25) is 9.78 Å². The number of carbonyl (C=O) groups excluding carboxylic acids is 1. The lowest BCUT2D eigenvalue weighted by molar-refractivity contribution is 0.0696. The molecule has 0 saturated heterocycles. The quantitative estimate of drug-likeness (QED) is 0.813. The topological polar surface area (TPSA) is 80.4 Å². The van der Waals surface area contributed by atoms with Crippen molar-refractivity contribution in [1.29, 1.82) is 0 Å². The fourth-order valence-corrected chi connectivity index (χ4v) is 2.37. The van der Waals surface area contributed by atoms with Crippen molar-refractivity contribution in [3.05, 3.63) is 52.7 Å². The Morgan fingerprint density at radius 3 is 2.30 bits per heavy atom. The third-order valence-corrected chi connectivity index (χ3v) is 3.63. The highest BCUT2D eigenvalue weighted by molar-refractivity contribution is 5.95. The van der Waals surface area contributed by atoms with E-state index in [1.54, 1.807) is 6.07 Å². The highest BCUT2D eigenvalue weighted by Gasteiger charge is 2.21. The number of rotatable bonds is 6. The molecule has 122 valence electrons. The van der Waals surface area contributed by atoms with Gasteiger partial charge in [-0.1, -0.05) is 27.7 Å². The van der Waals surface area contributed by atoms with E-state index in [0.29, 0.717) is 11.5 Å². The fourth-order valence-electron chi connectivity index (χ4n) is 2.37. The number of aromatic carboxylic acids is 1. The van der Waals surface area contributed by atoms with Gasteiger partial charge in [0.2, 0.25) is 5.78 Å². The number of carbonyl (C=O) groups is 2. The Balaban J connectivity index is 2.20. The van der Waals surface area contributed by atoms with E-state index in [1.807, 2.05) is 19.9 Å². The van der Waals surface area contributed by atoms with Crippen LogP contribution in [0.2, 0.25) is 0 Å². The third-order valence-electron chi connectivity index (χ3n) is 3.63. The highest BCUT2D eigenvalue weighted by atomic mass is 16.4. The predicted octanol–water partition coefficient (Wildman–Crippen LogP) is 4.05. The Morgan fingerprint density at radius 1 is 1.17 bits per heavy atom. The van der Waals surface area contributed by atoms with Crippen molar-refractivity contribution >= 4 is 11.8 Å². The molecule has 0 aromatic carbocycles. The van der Waals surface area contributed by atoms with E-state index in [2.05, 4.69) is 18.8 Å². The number of carboxylic acids is 1. The summed E-state index contributed by atoms with van der Waals surface area (Å²) >= 11 is 0. The average Bonchev–Trinajstić information content (AvgIpc) is 2.93. The van der Waals surface area contributed by atoms with E-state index in [9.17, 15) is 9.59 Å². The first-order valence-corrected chi connectivity index (χ1v) is 7.64. The van der Waals surface area contributed by atoms with Crippen LogP contribution >= 0.6 is 0 Å². The largest absolute Gasteiger partial charge is 0.478 e. The Bertz CT molecular complexity index is 686. The van der Waals surface area contributed by atoms with Crippen LogP contribution in [-0.4, -0.2) is 21.8 Å². The number of ketones is 1. The van der Waals surface area contributed by atoms with Crippen molar-refractivity contribution in [3.8, 4) is 0 Å². The summed E-state index contributed by atoms with van der Waals surface area (Å²) in [5.41, 5.74) is 1.68. The summed E-state index contributed by atoms with van der Waals surface area (Å²) in [5, 5.41) is 8.85. The molecule has 5 nitrogen and oxygen atoms in total. The Morgan fingerprint density at radius 2 is 1.87 bits per heavy atom. The molecule has 0 aliphatic rings. The molecule has 2 aromatic rings. The van der Waals surface area contributed by atoms with Gasteiger partial charge in [-0.2, -0.15) is 0 Å². The van der Waals surface area contributed by atoms with Crippen LogP contribution in [0.3, 0.4) is 0 Å². The first-order valence-electron chi connectivity index (χ1n) is 7.64. The van der Waals surface area contributed by atoms with Crippen LogP contribution < -0.4 is 0 Å². The summed E-state index contributed by atoms with van der Waals surface area (Å²) in [6, 6.07) is 4.81. The van der Waals surface area contributed by atoms with E-state index in [4.69, 9.17) is 9.52 Å². The number of nitrogens with zero attached hydrogens (tertiary/aromatic N) is 1. The van der Waals surface area contributed by atoms with Crippen LogP contribution in [0.5, 0.6) is 0 Å². The van der Waals surface area contributed by atoms with Crippen molar-refractivity contribution in [2.24, 2.45) is 0 Å². The fraction of sp³-hybridized carbons (Fsp3) is 0.389. The van der Waals surface area contributed by atoms with Gasteiger partial charge in [-0.05, 0) is 29.7 Å². The SMILES string of the molecule is CC(C)c1cc(C(=O)Cc2ccc(C(=O)O)cn2)oc1C(C)C. The van der Waals surface area contributed by atoms with Gasteiger partial charge in [0.25, 0.3) is 0 Å². The molecule has 0 aliphatic heterocycles. The number of furan rings is 1. The molecule has 0 spiro atoms. The van der Waals surface area contributed by atoms with E-state index in [0.717, 1.165) is 11.3 Å². The minimum Gasteiger partial charge on any atom is -0.478 e. The first-order chi connectivity index (χ1) is 10.8. The summed E-state index contributed by atoms with van der Waals surface area (Å²) in [5.74, 6) is 0.477. The molecule has 2 aromatic heterocycles. The van der Waals surface area contributed by atoms with E-state index in [1.165, 1.54) is 12.3 Å². The molecule has 0 unspecified atom stereocenters. The second kappa shape index (κ2) is 6.77. The monoisotopic (exact) mass is 315 g/mol. The van der Waals surface area contributed by atoms with Crippen LogP contribution in [-0.2, 0) is 6.42 Å². The minimum atomic E-state index is -1.04. The molecule has 1 N–H and O–H groups in total. The van der Waals surface area contributed by atoms with Crippen LogP contribution in [0.25, 0.3) is 0 Å². The molecule has 0 fully saturated rings. The number of pyridine rings is 1. The summed E-state index contributed by atoms with van der Waals surface area (Å²) in [7, 11) is 0. The zero-order chi connectivity index (χ0) is 17.1. The summed E-state index contributed by atoms with van der Waals surface area (Å²) < 4.78 is 5.76. The number of hydrogen-bond donors (Lipinski definition) is 1. The molecule has 5 heteroatoms. The summed E-state index contributed by atoms with van der Waals surface area (Å²) in [4.78, 5) is 27.2. The van der Waals surface area contributed by atoms with E-state index in [-0.39, 0.29) is 29.6 Å². The van der Waals surface area contributed by atoms with Crippen molar-refractivity contribution in [2.75, 3.05) is 0 Å².